The quantitative estimate of drug-likeness (QED) is 0.740. The number of hydrogen-bond donors (Lipinski definition) is 1. The maximum absolute atomic E-state index is 5.13. The van der Waals surface area contributed by atoms with Gasteiger partial charge in [0.25, 0.3) is 0 Å². The second-order valence-corrected chi connectivity index (χ2v) is 4.95. The summed E-state index contributed by atoms with van der Waals surface area (Å²) >= 11 is 0. The molecule has 1 aromatic rings. The number of methoxy groups -OCH3 is 1. The van der Waals surface area contributed by atoms with Gasteiger partial charge in [-0.2, -0.15) is 0 Å². The van der Waals surface area contributed by atoms with Crippen LogP contribution in [0.3, 0.4) is 0 Å². The first-order valence-corrected chi connectivity index (χ1v) is 7.26. The van der Waals surface area contributed by atoms with Crippen molar-refractivity contribution in [2.45, 2.75) is 39.8 Å². The van der Waals surface area contributed by atoms with E-state index in [1.54, 1.807) is 7.11 Å². The molecule has 0 aliphatic rings. The minimum absolute atomic E-state index is 0.429. The third kappa shape index (κ3) is 5.62. The average Bonchev–Trinajstić information content (AvgIpc) is 2.44. The fourth-order valence-electron chi connectivity index (χ4n) is 2.12. The first kappa shape index (κ1) is 16.0. The van der Waals surface area contributed by atoms with E-state index in [0.29, 0.717) is 6.04 Å². The summed E-state index contributed by atoms with van der Waals surface area (Å²) in [6, 6.07) is 9.02. The molecule has 1 rings (SSSR count). The van der Waals surface area contributed by atoms with Gasteiger partial charge in [-0.3, -0.25) is 4.90 Å². The highest BCUT2D eigenvalue weighted by molar-refractivity contribution is 5.51. The molecule has 0 radical (unpaired) electrons. The lowest BCUT2D eigenvalue weighted by Crippen LogP contribution is -2.24. The van der Waals surface area contributed by atoms with Crippen LogP contribution in [0.15, 0.2) is 24.3 Å². The van der Waals surface area contributed by atoms with Gasteiger partial charge in [-0.1, -0.05) is 32.0 Å². The molecule has 19 heavy (non-hydrogen) atoms. The molecule has 3 heteroatoms. The first-order valence-electron chi connectivity index (χ1n) is 7.26. The van der Waals surface area contributed by atoms with Gasteiger partial charge in [0.05, 0.1) is 0 Å². The minimum Gasteiger partial charge on any atom is -0.385 e. The first-order chi connectivity index (χ1) is 9.21. The zero-order chi connectivity index (χ0) is 14.1. The van der Waals surface area contributed by atoms with E-state index in [0.717, 1.165) is 32.7 Å². The number of nitrogens with one attached hydrogen (secondary N) is 1. The Bertz CT molecular complexity index is 350. The fourth-order valence-corrected chi connectivity index (χ4v) is 2.12. The molecular formula is C16H28N2O. The van der Waals surface area contributed by atoms with Crippen molar-refractivity contribution in [1.29, 1.82) is 0 Å². The molecule has 0 heterocycles. The van der Waals surface area contributed by atoms with Crippen molar-refractivity contribution in [2.75, 3.05) is 32.1 Å². The molecule has 1 unspecified atom stereocenters. The molecule has 0 aromatic heterocycles. The van der Waals surface area contributed by atoms with E-state index in [9.17, 15) is 0 Å². The molecule has 0 amide bonds. The highest BCUT2D eigenvalue weighted by Gasteiger charge is 2.08. The van der Waals surface area contributed by atoms with Gasteiger partial charge in [0.15, 0.2) is 0 Å². The van der Waals surface area contributed by atoms with Crippen LogP contribution in [0.4, 0.5) is 5.69 Å². The van der Waals surface area contributed by atoms with Gasteiger partial charge in [0.1, 0.15) is 0 Å². The summed E-state index contributed by atoms with van der Waals surface area (Å²) in [6.07, 6.45) is 1.02. The summed E-state index contributed by atoms with van der Waals surface area (Å²) < 4.78 is 5.13. The van der Waals surface area contributed by atoms with E-state index >= 15 is 0 Å². The van der Waals surface area contributed by atoms with Crippen LogP contribution in [0.2, 0.25) is 0 Å². The molecular weight excluding hydrogens is 236 g/mol. The van der Waals surface area contributed by atoms with Crippen molar-refractivity contribution in [3.63, 3.8) is 0 Å². The van der Waals surface area contributed by atoms with Crippen LogP contribution in [0.25, 0.3) is 0 Å². The molecule has 0 saturated heterocycles. The minimum atomic E-state index is 0.429. The average molecular weight is 264 g/mol. The third-order valence-electron chi connectivity index (χ3n) is 3.46. The number of nitrogens with zero attached hydrogens (tertiary/aromatic N) is 1. The Morgan fingerprint density at radius 1 is 1.21 bits per heavy atom. The van der Waals surface area contributed by atoms with Crippen LogP contribution in [-0.2, 0) is 11.3 Å². The van der Waals surface area contributed by atoms with Crippen LogP contribution in [-0.4, -0.2) is 37.7 Å². The Hall–Kier alpha value is -1.06. The molecule has 3 nitrogen and oxygen atoms in total. The molecule has 1 atom stereocenters. The van der Waals surface area contributed by atoms with Crippen molar-refractivity contribution in [1.82, 2.24) is 4.90 Å². The van der Waals surface area contributed by atoms with Gasteiger partial charge in [0, 0.05) is 32.0 Å². The fraction of sp³-hybridized carbons (Fsp3) is 0.625. The third-order valence-corrected chi connectivity index (χ3v) is 3.46. The molecule has 0 fully saturated rings. The molecule has 0 aliphatic heterocycles. The molecule has 1 N–H and O–H groups in total. The number of ether oxygens (including phenoxy) is 1. The SMILES string of the molecule is CCN(CC)Cc1ccccc1NC(C)CCOC. The lowest BCUT2D eigenvalue weighted by Gasteiger charge is -2.22. The van der Waals surface area contributed by atoms with Gasteiger partial charge >= 0.3 is 0 Å². The number of anilines is 1. The maximum Gasteiger partial charge on any atom is 0.0481 e. The zero-order valence-electron chi connectivity index (χ0n) is 12.8. The Morgan fingerprint density at radius 2 is 1.89 bits per heavy atom. The van der Waals surface area contributed by atoms with Gasteiger partial charge in [-0.25, -0.2) is 0 Å². The van der Waals surface area contributed by atoms with Gasteiger partial charge in [-0.05, 0) is 38.1 Å². The van der Waals surface area contributed by atoms with E-state index in [4.69, 9.17) is 4.74 Å². The lowest BCUT2D eigenvalue weighted by molar-refractivity contribution is 0.191. The van der Waals surface area contributed by atoms with E-state index in [2.05, 4.69) is 55.3 Å². The normalized spacial score (nSPS) is 12.7. The Labute approximate surface area is 118 Å². The van der Waals surface area contributed by atoms with Crippen LogP contribution < -0.4 is 5.32 Å². The van der Waals surface area contributed by atoms with Gasteiger partial charge in [-0.15, -0.1) is 0 Å². The number of hydrogen-bond acceptors (Lipinski definition) is 3. The highest BCUT2D eigenvalue weighted by atomic mass is 16.5. The zero-order valence-corrected chi connectivity index (χ0v) is 12.8. The van der Waals surface area contributed by atoms with Crippen molar-refractivity contribution >= 4 is 5.69 Å². The molecule has 0 bridgehead atoms. The number of rotatable bonds is 9. The summed E-state index contributed by atoms with van der Waals surface area (Å²) in [5.41, 5.74) is 2.62. The summed E-state index contributed by atoms with van der Waals surface area (Å²) in [5, 5.41) is 3.59. The summed E-state index contributed by atoms with van der Waals surface area (Å²) in [7, 11) is 1.75. The number of benzene rings is 1. The topological polar surface area (TPSA) is 24.5 Å². The van der Waals surface area contributed by atoms with Crippen LogP contribution in [0.1, 0.15) is 32.8 Å². The van der Waals surface area contributed by atoms with Gasteiger partial charge in [0.2, 0.25) is 0 Å². The van der Waals surface area contributed by atoms with Crippen molar-refractivity contribution in [2.24, 2.45) is 0 Å². The standard InChI is InChI=1S/C16H28N2O/c1-5-18(6-2)13-15-9-7-8-10-16(15)17-14(3)11-12-19-4/h7-10,14,17H,5-6,11-13H2,1-4H3. The summed E-state index contributed by atoms with van der Waals surface area (Å²) in [6.45, 7) is 10.6. The van der Waals surface area contributed by atoms with Crippen molar-refractivity contribution in [3.05, 3.63) is 29.8 Å². The molecule has 0 spiro atoms. The smallest absolute Gasteiger partial charge is 0.0481 e. The second kappa shape index (κ2) is 8.94. The number of para-hydroxylation sites is 1. The Kier molecular flexibility index (Phi) is 7.53. The van der Waals surface area contributed by atoms with Crippen LogP contribution in [0.5, 0.6) is 0 Å². The van der Waals surface area contributed by atoms with Gasteiger partial charge < -0.3 is 10.1 Å². The van der Waals surface area contributed by atoms with E-state index in [1.807, 2.05) is 0 Å². The van der Waals surface area contributed by atoms with E-state index in [1.165, 1.54) is 11.3 Å². The molecule has 0 aliphatic carbocycles. The maximum atomic E-state index is 5.13. The lowest BCUT2D eigenvalue weighted by atomic mass is 10.1. The van der Waals surface area contributed by atoms with E-state index in [-0.39, 0.29) is 0 Å². The molecule has 1 aromatic carbocycles. The van der Waals surface area contributed by atoms with Crippen LogP contribution in [0, 0.1) is 0 Å². The second-order valence-electron chi connectivity index (χ2n) is 4.95. The Balaban J connectivity index is 2.66. The molecule has 108 valence electrons. The summed E-state index contributed by atoms with van der Waals surface area (Å²) in [4.78, 5) is 2.43. The predicted octanol–water partition coefficient (Wildman–Crippen LogP) is 3.37. The van der Waals surface area contributed by atoms with Crippen molar-refractivity contribution < 1.29 is 4.74 Å². The van der Waals surface area contributed by atoms with Crippen molar-refractivity contribution in [3.8, 4) is 0 Å². The molecule has 0 saturated carbocycles. The monoisotopic (exact) mass is 264 g/mol. The predicted molar refractivity (Wildman–Crippen MR) is 82.6 cm³/mol. The Morgan fingerprint density at radius 3 is 2.53 bits per heavy atom. The largest absolute Gasteiger partial charge is 0.385 e. The van der Waals surface area contributed by atoms with Crippen LogP contribution >= 0.6 is 0 Å². The highest BCUT2D eigenvalue weighted by Crippen LogP contribution is 2.18. The van der Waals surface area contributed by atoms with E-state index < -0.39 is 0 Å². The summed E-state index contributed by atoms with van der Waals surface area (Å²) in [5.74, 6) is 0.